The van der Waals surface area contributed by atoms with Crippen molar-refractivity contribution in [2.24, 2.45) is 0 Å². The fourth-order valence-electron chi connectivity index (χ4n) is 3.92. The van der Waals surface area contributed by atoms with Gasteiger partial charge in [-0.1, -0.05) is 36.4 Å². The van der Waals surface area contributed by atoms with Gasteiger partial charge in [0.15, 0.2) is 5.78 Å². The highest BCUT2D eigenvalue weighted by Gasteiger charge is 2.34. The standard InChI is InChI=1S/C15H10O4.C14H12O3/c1-7-5-9-13(11(17)6-7)15(19)12-8(14(9)18)3-2-4-10(12)16;15-12-5-3-10(4-6-12)1-2-11-7-13(16)9-14(17)8-11/h2-6,16-17H,1H3;1-9,15-17H. The van der Waals surface area contributed by atoms with Crippen LogP contribution >= 0.6 is 0 Å². The lowest BCUT2D eigenvalue weighted by Gasteiger charge is -2.19. The summed E-state index contributed by atoms with van der Waals surface area (Å²) in [4.78, 5) is 24.7. The van der Waals surface area contributed by atoms with Crippen LogP contribution in [0.1, 0.15) is 48.5 Å². The summed E-state index contributed by atoms with van der Waals surface area (Å²) in [5.41, 5.74) is 2.59. The molecule has 0 unspecified atom stereocenters. The van der Waals surface area contributed by atoms with Crippen molar-refractivity contribution in [1.29, 1.82) is 0 Å². The average molecular weight is 482 g/mol. The van der Waals surface area contributed by atoms with E-state index in [2.05, 4.69) is 0 Å². The van der Waals surface area contributed by atoms with Crippen molar-refractivity contribution in [3.8, 4) is 28.7 Å². The summed E-state index contributed by atoms with van der Waals surface area (Å²) >= 11 is 0. The van der Waals surface area contributed by atoms with Crippen molar-refractivity contribution in [3.05, 3.63) is 112 Å². The Bertz CT molecular complexity index is 1500. The summed E-state index contributed by atoms with van der Waals surface area (Å²) in [7, 11) is 0. The molecule has 1 aliphatic rings. The fourth-order valence-corrected chi connectivity index (χ4v) is 3.92. The second-order valence-corrected chi connectivity index (χ2v) is 8.27. The van der Waals surface area contributed by atoms with E-state index in [-0.39, 0.29) is 56.8 Å². The third-order valence-electron chi connectivity index (χ3n) is 5.53. The zero-order valence-corrected chi connectivity index (χ0v) is 19.1. The Labute approximate surface area is 206 Å². The monoisotopic (exact) mass is 482 g/mol. The van der Waals surface area contributed by atoms with Gasteiger partial charge in [-0.05, 0) is 66.1 Å². The number of hydrogen-bond donors (Lipinski definition) is 5. The van der Waals surface area contributed by atoms with Crippen LogP contribution < -0.4 is 0 Å². The number of phenols is 5. The zero-order valence-electron chi connectivity index (χ0n) is 19.1. The first-order valence-corrected chi connectivity index (χ1v) is 10.9. The van der Waals surface area contributed by atoms with Gasteiger partial charge < -0.3 is 25.5 Å². The molecule has 0 saturated heterocycles. The number of rotatable bonds is 2. The number of carbonyl (C=O) groups is 2. The van der Waals surface area contributed by atoms with Gasteiger partial charge in [0.1, 0.15) is 28.7 Å². The molecule has 5 rings (SSSR count). The van der Waals surface area contributed by atoms with Crippen molar-refractivity contribution in [2.75, 3.05) is 0 Å². The Hall–Kier alpha value is -5.04. The second-order valence-electron chi connectivity index (χ2n) is 8.27. The molecule has 4 aromatic rings. The molecule has 4 aromatic carbocycles. The highest BCUT2D eigenvalue weighted by Crippen LogP contribution is 2.36. The number of ketones is 2. The van der Waals surface area contributed by atoms with E-state index in [9.17, 15) is 30.0 Å². The van der Waals surface area contributed by atoms with Crippen molar-refractivity contribution >= 4 is 23.7 Å². The Balaban J connectivity index is 0.000000170. The highest BCUT2D eigenvalue weighted by atomic mass is 16.3. The predicted molar refractivity (Wildman–Crippen MR) is 135 cm³/mol. The molecule has 5 N–H and O–H groups in total. The van der Waals surface area contributed by atoms with E-state index < -0.39 is 5.78 Å². The maximum absolute atomic E-state index is 12.3. The predicted octanol–water partition coefficient (Wildman–Crippen LogP) is 5.16. The van der Waals surface area contributed by atoms with Crippen LogP contribution in [0.4, 0.5) is 0 Å². The van der Waals surface area contributed by atoms with Crippen molar-refractivity contribution < 1.29 is 35.1 Å². The quantitative estimate of drug-likeness (QED) is 0.219. The minimum absolute atomic E-state index is 0.0235. The van der Waals surface area contributed by atoms with E-state index in [1.807, 2.05) is 6.08 Å². The third-order valence-corrected chi connectivity index (χ3v) is 5.53. The molecule has 0 radical (unpaired) electrons. The summed E-state index contributed by atoms with van der Waals surface area (Å²) in [6.45, 7) is 1.73. The van der Waals surface area contributed by atoms with Gasteiger partial charge in [-0.2, -0.15) is 0 Å². The molecule has 0 fully saturated rings. The summed E-state index contributed by atoms with van der Waals surface area (Å²) in [6, 6.07) is 18.5. The van der Waals surface area contributed by atoms with Gasteiger partial charge in [0.25, 0.3) is 0 Å². The van der Waals surface area contributed by atoms with Crippen LogP contribution in [0.15, 0.2) is 72.8 Å². The molecule has 0 spiro atoms. The van der Waals surface area contributed by atoms with E-state index in [1.54, 1.807) is 55.5 Å². The number of phenolic OH excluding ortho intramolecular Hbond substituents is 5. The van der Waals surface area contributed by atoms with Crippen molar-refractivity contribution in [2.45, 2.75) is 6.92 Å². The largest absolute Gasteiger partial charge is 0.508 e. The first-order valence-electron chi connectivity index (χ1n) is 10.9. The van der Waals surface area contributed by atoms with Crippen LogP contribution in [0.3, 0.4) is 0 Å². The molecular formula is C29H22O7. The lowest BCUT2D eigenvalue weighted by molar-refractivity contribution is 0.0974. The fraction of sp³-hybridized carbons (Fsp3) is 0.0345. The lowest BCUT2D eigenvalue weighted by Crippen LogP contribution is -2.21. The summed E-state index contributed by atoms with van der Waals surface area (Å²) in [5, 5.41) is 47.4. The van der Waals surface area contributed by atoms with Gasteiger partial charge in [0, 0.05) is 17.2 Å². The molecule has 0 saturated carbocycles. The van der Waals surface area contributed by atoms with Crippen LogP contribution in [-0.2, 0) is 0 Å². The number of benzene rings is 4. The minimum atomic E-state index is -0.528. The van der Waals surface area contributed by atoms with E-state index in [0.29, 0.717) is 11.1 Å². The van der Waals surface area contributed by atoms with Crippen LogP contribution in [0.5, 0.6) is 28.7 Å². The number of fused-ring (bicyclic) bond motifs is 2. The zero-order chi connectivity index (χ0) is 26.0. The van der Waals surface area contributed by atoms with Gasteiger partial charge in [-0.3, -0.25) is 9.59 Å². The summed E-state index contributed by atoms with van der Waals surface area (Å²) in [5.74, 6) is -1.11. The molecule has 1 aliphatic carbocycles. The topological polar surface area (TPSA) is 135 Å². The first-order chi connectivity index (χ1) is 17.1. The number of aryl methyl sites for hydroxylation is 1. The molecule has 180 valence electrons. The van der Waals surface area contributed by atoms with E-state index >= 15 is 0 Å². The van der Waals surface area contributed by atoms with Crippen molar-refractivity contribution in [3.63, 3.8) is 0 Å². The average Bonchev–Trinajstić information content (AvgIpc) is 2.81. The Kier molecular flexibility index (Phi) is 6.48. The molecule has 7 heteroatoms. The van der Waals surface area contributed by atoms with E-state index in [0.717, 1.165) is 5.56 Å². The normalized spacial score (nSPS) is 12.0. The van der Waals surface area contributed by atoms with E-state index in [1.165, 1.54) is 30.3 Å². The number of aromatic hydroxyl groups is 5. The number of carbonyl (C=O) groups excluding carboxylic acids is 2. The molecule has 0 aliphatic heterocycles. The third kappa shape index (κ3) is 4.90. The maximum Gasteiger partial charge on any atom is 0.201 e. The van der Waals surface area contributed by atoms with Gasteiger partial charge in [0.05, 0.1) is 11.1 Å². The first kappa shape index (κ1) is 24.1. The van der Waals surface area contributed by atoms with Gasteiger partial charge in [-0.25, -0.2) is 0 Å². The molecular weight excluding hydrogens is 460 g/mol. The van der Waals surface area contributed by atoms with Gasteiger partial charge in [0.2, 0.25) is 5.78 Å². The SMILES string of the molecule is Cc1cc(O)c2c(c1)C(=O)c1cccc(O)c1C2=O.Oc1ccc(C=Cc2cc(O)cc(O)c2)cc1. The summed E-state index contributed by atoms with van der Waals surface area (Å²) < 4.78 is 0. The molecule has 0 amide bonds. The smallest absolute Gasteiger partial charge is 0.201 e. The maximum atomic E-state index is 12.3. The van der Waals surface area contributed by atoms with Crippen LogP contribution in [0.25, 0.3) is 12.2 Å². The van der Waals surface area contributed by atoms with Gasteiger partial charge in [-0.15, -0.1) is 0 Å². The van der Waals surface area contributed by atoms with Gasteiger partial charge >= 0.3 is 0 Å². The highest BCUT2D eigenvalue weighted by molar-refractivity contribution is 6.30. The second kappa shape index (κ2) is 9.68. The van der Waals surface area contributed by atoms with Crippen molar-refractivity contribution in [1.82, 2.24) is 0 Å². The van der Waals surface area contributed by atoms with Crippen LogP contribution in [-0.4, -0.2) is 37.1 Å². The lowest BCUT2D eigenvalue weighted by atomic mass is 9.82. The minimum Gasteiger partial charge on any atom is -0.508 e. The molecule has 0 bridgehead atoms. The molecule has 0 aromatic heterocycles. The molecule has 7 nitrogen and oxygen atoms in total. The van der Waals surface area contributed by atoms with Crippen LogP contribution in [0.2, 0.25) is 0 Å². The molecule has 0 atom stereocenters. The number of hydrogen-bond acceptors (Lipinski definition) is 7. The molecule has 36 heavy (non-hydrogen) atoms. The van der Waals surface area contributed by atoms with Crippen LogP contribution in [0, 0.1) is 6.92 Å². The Morgan fingerprint density at radius 1 is 0.556 bits per heavy atom. The van der Waals surface area contributed by atoms with E-state index in [4.69, 9.17) is 5.11 Å². The Morgan fingerprint density at radius 3 is 1.83 bits per heavy atom. The molecule has 0 heterocycles. The Morgan fingerprint density at radius 2 is 1.17 bits per heavy atom. The summed E-state index contributed by atoms with van der Waals surface area (Å²) in [6.07, 6.45) is 3.60.